The number of anilines is 1. The second kappa shape index (κ2) is 5.52. The highest BCUT2D eigenvalue weighted by Crippen LogP contribution is 2.21. The third kappa shape index (κ3) is 3.20. The van der Waals surface area contributed by atoms with Crippen LogP contribution in [0.4, 0.5) is 5.82 Å². The lowest BCUT2D eigenvalue weighted by molar-refractivity contribution is 0.0600. The molecule has 1 aromatic heterocycles. The van der Waals surface area contributed by atoms with Crippen molar-refractivity contribution in [2.24, 2.45) is 0 Å². The van der Waals surface area contributed by atoms with Crippen LogP contribution in [-0.4, -0.2) is 48.2 Å². The summed E-state index contributed by atoms with van der Waals surface area (Å²) in [6.45, 7) is 6.89. The van der Waals surface area contributed by atoms with Crippen molar-refractivity contribution in [2.75, 3.05) is 31.6 Å². The minimum Gasteiger partial charge on any atom is -0.465 e. The monoisotopic (exact) mass is 264 g/mol. The van der Waals surface area contributed by atoms with Crippen molar-refractivity contribution in [3.63, 3.8) is 0 Å². The molecule has 6 heteroatoms. The van der Waals surface area contributed by atoms with Crippen molar-refractivity contribution in [1.29, 1.82) is 0 Å². The highest BCUT2D eigenvalue weighted by Gasteiger charge is 2.27. The summed E-state index contributed by atoms with van der Waals surface area (Å²) in [5.41, 5.74) is 0.400. The SMILES string of the molecule is COC(=O)c1cncnc1N1CCCNC(C)(C)C1. The minimum atomic E-state index is -0.398. The molecule has 0 saturated carbocycles. The molecule has 1 N–H and O–H groups in total. The van der Waals surface area contributed by atoms with E-state index in [1.807, 2.05) is 0 Å². The van der Waals surface area contributed by atoms with Crippen LogP contribution in [0.5, 0.6) is 0 Å². The van der Waals surface area contributed by atoms with Gasteiger partial charge in [0.05, 0.1) is 7.11 Å². The van der Waals surface area contributed by atoms with Crippen molar-refractivity contribution >= 4 is 11.8 Å². The fourth-order valence-corrected chi connectivity index (χ4v) is 2.32. The van der Waals surface area contributed by atoms with Crippen molar-refractivity contribution in [3.05, 3.63) is 18.1 Å². The molecule has 6 nitrogen and oxygen atoms in total. The molecule has 1 aromatic rings. The number of carbonyl (C=O) groups excluding carboxylic acids is 1. The van der Waals surface area contributed by atoms with Gasteiger partial charge in [0.1, 0.15) is 17.7 Å². The van der Waals surface area contributed by atoms with E-state index in [0.29, 0.717) is 11.4 Å². The van der Waals surface area contributed by atoms with Crippen molar-refractivity contribution in [3.8, 4) is 0 Å². The van der Waals surface area contributed by atoms with E-state index in [0.717, 1.165) is 26.1 Å². The molecule has 104 valence electrons. The lowest BCUT2D eigenvalue weighted by Gasteiger charge is -2.31. The Hall–Kier alpha value is -1.69. The Kier molecular flexibility index (Phi) is 3.99. The van der Waals surface area contributed by atoms with Gasteiger partial charge in [-0.3, -0.25) is 0 Å². The molecule has 2 heterocycles. The van der Waals surface area contributed by atoms with E-state index in [4.69, 9.17) is 4.74 Å². The van der Waals surface area contributed by atoms with Gasteiger partial charge in [-0.1, -0.05) is 0 Å². The van der Waals surface area contributed by atoms with Gasteiger partial charge < -0.3 is 15.0 Å². The summed E-state index contributed by atoms with van der Waals surface area (Å²) in [5.74, 6) is 0.254. The van der Waals surface area contributed by atoms with E-state index < -0.39 is 5.97 Å². The number of rotatable bonds is 2. The molecule has 1 aliphatic heterocycles. The van der Waals surface area contributed by atoms with Crippen LogP contribution < -0.4 is 10.2 Å². The topological polar surface area (TPSA) is 67.3 Å². The molecular weight excluding hydrogens is 244 g/mol. The molecule has 0 aliphatic carbocycles. The first-order valence-electron chi connectivity index (χ1n) is 6.42. The van der Waals surface area contributed by atoms with Crippen LogP contribution in [-0.2, 0) is 4.74 Å². The van der Waals surface area contributed by atoms with E-state index in [1.165, 1.54) is 19.6 Å². The number of hydrogen-bond donors (Lipinski definition) is 1. The Labute approximate surface area is 113 Å². The van der Waals surface area contributed by atoms with E-state index >= 15 is 0 Å². The van der Waals surface area contributed by atoms with E-state index in [1.54, 1.807) is 0 Å². The quantitative estimate of drug-likeness (QED) is 0.798. The number of nitrogens with zero attached hydrogens (tertiary/aromatic N) is 3. The minimum absolute atomic E-state index is 0.0190. The molecule has 1 saturated heterocycles. The van der Waals surface area contributed by atoms with Gasteiger partial charge >= 0.3 is 5.97 Å². The van der Waals surface area contributed by atoms with Crippen LogP contribution in [0.15, 0.2) is 12.5 Å². The number of hydrogen-bond acceptors (Lipinski definition) is 6. The molecule has 0 bridgehead atoms. The Bertz CT molecular complexity index is 462. The molecule has 0 spiro atoms. The van der Waals surface area contributed by atoms with Crippen LogP contribution in [0.25, 0.3) is 0 Å². The van der Waals surface area contributed by atoms with Crippen molar-refractivity contribution < 1.29 is 9.53 Å². The van der Waals surface area contributed by atoms with E-state index in [2.05, 4.69) is 34.0 Å². The smallest absolute Gasteiger partial charge is 0.343 e. The second-order valence-corrected chi connectivity index (χ2v) is 5.34. The van der Waals surface area contributed by atoms with E-state index in [-0.39, 0.29) is 5.54 Å². The lowest BCUT2D eigenvalue weighted by atomic mass is 10.1. The molecule has 0 atom stereocenters. The summed E-state index contributed by atoms with van der Waals surface area (Å²) >= 11 is 0. The normalized spacial score (nSPS) is 18.8. The largest absolute Gasteiger partial charge is 0.465 e. The average Bonchev–Trinajstić information content (AvgIpc) is 2.58. The van der Waals surface area contributed by atoms with Gasteiger partial charge in [-0.25, -0.2) is 14.8 Å². The number of carbonyl (C=O) groups is 1. The summed E-state index contributed by atoms with van der Waals surface area (Å²) in [6, 6.07) is 0. The Morgan fingerprint density at radius 2 is 2.32 bits per heavy atom. The first-order valence-corrected chi connectivity index (χ1v) is 6.42. The molecule has 19 heavy (non-hydrogen) atoms. The Morgan fingerprint density at radius 1 is 1.53 bits per heavy atom. The molecular formula is C13H20N4O2. The van der Waals surface area contributed by atoms with Crippen LogP contribution in [0.2, 0.25) is 0 Å². The molecule has 0 radical (unpaired) electrons. The second-order valence-electron chi connectivity index (χ2n) is 5.34. The summed E-state index contributed by atoms with van der Waals surface area (Å²) < 4.78 is 4.79. The van der Waals surface area contributed by atoms with Gasteiger partial charge in [0.25, 0.3) is 0 Å². The number of methoxy groups -OCH3 is 1. The van der Waals surface area contributed by atoms with Crippen LogP contribution in [0.3, 0.4) is 0 Å². The van der Waals surface area contributed by atoms with Gasteiger partial charge in [0.2, 0.25) is 0 Å². The van der Waals surface area contributed by atoms with Crippen LogP contribution in [0.1, 0.15) is 30.6 Å². The van der Waals surface area contributed by atoms with Gasteiger partial charge in [-0.15, -0.1) is 0 Å². The number of nitrogens with one attached hydrogen (secondary N) is 1. The summed E-state index contributed by atoms with van der Waals surface area (Å²) in [7, 11) is 1.37. The van der Waals surface area contributed by atoms with Gasteiger partial charge in [0, 0.05) is 24.8 Å². The lowest BCUT2D eigenvalue weighted by Crippen LogP contribution is -2.47. The van der Waals surface area contributed by atoms with Crippen LogP contribution >= 0.6 is 0 Å². The number of ether oxygens (including phenoxy) is 1. The third-order valence-electron chi connectivity index (χ3n) is 3.19. The molecule has 0 amide bonds. The van der Waals surface area contributed by atoms with Crippen LogP contribution in [0, 0.1) is 0 Å². The molecule has 0 unspecified atom stereocenters. The van der Waals surface area contributed by atoms with Gasteiger partial charge in [-0.05, 0) is 26.8 Å². The molecule has 1 aliphatic rings. The highest BCUT2D eigenvalue weighted by molar-refractivity contribution is 5.94. The van der Waals surface area contributed by atoms with E-state index in [9.17, 15) is 4.79 Å². The maximum Gasteiger partial charge on any atom is 0.343 e. The van der Waals surface area contributed by atoms with Crippen molar-refractivity contribution in [2.45, 2.75) is 25.8 Å². The van der Waals surface area contributed by atoms with Crippen molar-refractivity contribution in [1.82, 2.24) is 15.3 Å². The number of esters is 1. The number of aromatic nitrogens is 2. The maximum absolute atomic E-state index is 11.8. The van der Waals surface area contributed by atoms with Gasteiger partial charge in [0.15, 0.2) is 0 Å². The fraction of sp³-hybridized carbons (Fsp3) is 0.615. The third-order valence-corrected chi connectivity index (χ3v) is 3.19. The Balaban J connectivity index is 2.32. The molecule has 2 rings (SSSR count). The summed E-state index contributed by atoms with van der Waals surface area (Å²) in [4.78, 5) is 22.1. The zero-order valence-corrected chi connectivity index (χ0v) is 11.6. The highest BCUT2D eigenvalue weighted by atomic mass is 16.5. The first-order chi connectivity index (χ1) is 9.03. The molecule has 1 fully saturated rings. The summed E-state index contributed by atoms with van der Waals surface area (Å²) in [5, 5.41) is 3.48. The standard InChI is InChI=1S/C13H20N4O2/c1-13(2)8-17(6-4-5-16-13)11-10(12(18)19-3)7-14-9-15-11/h7,9,16H,4-6,8H2,1-3H3. The molecule has 0 aromatic carbocycles. The first kappa shape index (κ1) is 13.7. The predicted molar refractivity (Wildman–Crippen MR) is 72.3 cm³/mol. The summed E-state index contributed by atoms with van der Waals surface area (Å²) in [6.07, 6.45) is 3.99. The predicted octanol–water partition coefficient (Wildman–Crippen LogP) is 0.841. The average molecular weight is 264 g/mol. The zero-order chi connectivity index (χ0) is 13.9. The Morgan fingerprint density at radius 3 is 3.05 bits per heavy atom. The fourth-order valence-electron chi connectivity index (χ4n) is 2.32. The zero-order valence-electron chi connectivity index (χ0n) is 11.6. The maximum atomic E-state index is 11.8. The van der Waals surface area contributed by atoms with Gasteiger partial charge in [-0.2, -0.15) is 0 Å².